The Morgan fingerprint density at radius 3 is 0.880 bits per heavy atom. The molecule has 4 rings (SSSR count). The Labute approximate surface area is 326 Å². The minimum absolute atomic E-state index is 0.120. The highest BCUT2D eigenvalue weighted by molar-refractivity contribution is 8.48. The molecule has 0 unspecified atom stereocenters. The normalized spacial score (nSPS) is 18.9. The molecule has 6 N–H and O–H groups in total. The molecule has 0 aliphatic heterocycles. The van der Waals surface area contributed by atoms with Gasteiger partial charge in [0, 0.05) is 11.5 Å². The van der Waals surface area contributed by atoms with Gasteiger partial charge in [-0.2, -0.15) is 0 Å². The molecule has 4 saturated carbocycles. The number of hydrogen-bond donors (Lipinski definition) is 4. The lowest BCUT2D eigenvalue weighted by Gasteiger charge is -2.27. The molecule has 0 heterocycles. The summed E-state index contributed by atoms with van der Waals surface area (Å²) in [5.74, 6) is -5.11. The summed E-state index contributed by atoms with van der Waals surface area (Å²) in [5.41, 5.74) is 0. The maximum absolute atomic E-state index is 10.0. The van der Waals surface area contributed by atoms with Gasteiger partial charge < -0.3 is 40.6 Å². The number of carboxylic acids is 4. The number of aliphatic carboxylic acids is 4. The van der Waals surface area contributed by atoms with Gasteiger partial charge in [0.15, 0.2) is 0 Å². The lowest BCUT2D eigenvalue weighted by Crippen LogP contribution is -2.95. The van der Waals surface area contributed by atoms with E-state index in [0.29, 0.717) is 3.53 Å². The summed E-state index contributed by atoms with van der Waals surface area (Å²) < 4.78 is 0.614. The van der Waals surface area contributed by atoms with Crippen molar-refractivity contribution in [1.29, 1.82) is 0 Å². The highest BCUT2D eigenvalue weighted by Gasteiger charge is 2.24. The van der Waals surface area contributed by atoms with Gasteiger partial charge in [-0.1, -0.05) is 73.6 Å². The fraction of sp³-hybridized carbons (Fsp3) is 0.824. The molecule has 0 amide bonds. The van der Waals surface area contributed by atoms with Gasteiger partial charge in [-0.3, -0.25) is 9.59 Å². The van der Waals surface area contributed by atoms with Crippen molar-refractivity contribution in [3.63, 3.8) is 0 Å². The van der Waals surface area contributed by atoms with Crippen LogP contribution < -0.4 is 20.8 Å². The third kappa shape index (κ3) is 28.9. The molecule has 16 heteroatoms. The van der Waals surface area contributed by atoms with Gasteiger partial charge in [-0.25, -0.2) is 0 Å². The van der Waals surface area contributed by atoms with E-state index in [1.54, 1.807) is 0 Å². The summed E-state index contributed by atoms with van der Waals surface area (Å²) in [4.78, 5) is 39.9. The van der Waals surface area contributed by atoms with Crippen molar-refractivity contribution in [1.82, 2.24) is 0 Å². The second-order valence-corrected chi connectivity index (χ2v) is 19.5. The molecule has 0 aromatic heterocycles. The van der Waals surface area contributed by atoms with Crippen LogP contribution in [0, 0.1) is 0 Å². The lowest BCUT2D eigenvalue weighted by atomic mass is 9.91. The van der Waals surface area contributed by atoms with E-state index in [1.165, 1.54) is 128 Å². The molecule has 288 valence electrons. The number of thioether (sulfide) groups is 4. The van der Waals surface area contributed by atoms with Crippen LogP contribution in [0.15, 0.2) is 0 Å². The van der Waals surface area contributed by atoms with Crippen molar-refractivity contribution in [2.24, 2.45) is 0 Å². The molecule has 0 aromatic carbocycles. The van der Waals surface area contributed by atoms with Gasteiger partial charge in [0.2, 0.25) is 0 Å². The smallest absolute Gasteiger partial charge is 0.313 e. The van der Waals surface area contributed by atoms with Gasteiger partial charge >= 0.3 is 11.9 Å². The van der Waals surface area contributed by atoms with Gasteiger partial charge in [0.1, 0.15) is 7.06 Å². The minimum atomic E-state index is -1.23. The first kappa shape index (κ1) is 47.4. The van der Waals surface area contributed by atoms with Gasteiger partial charge in [0.25, 0.3) is 0 Å². The van der Waals surface area contributed by atoms with Crippen molar-refractivity contribution in [2.75, 3.05) is 23.0 Å². The number of thiocarbonyl (C=S) groups is 2. The number of carbonyl (C=O) groups excluding carboxylic acids is 2. The summed E-state index contributed by atoms with van der Waals surface area (Å²) in [6.45, 7) is 0. The number of hydrogen-bond acceptors (Lipinski definition) is 12. The summed E-state index contributed by atoms with van der Waals surface area (Å²) >= 11 is 13.0. The quantitative estimate of drug-likeness (QED) is 0.210. The van der Waals surface area contributed by atoms with Crippen molar-refractivity contribution >= 4 is 102 Å². The zero-order valence-electron chi connectivity index (χ0n) is 29.2. The molecular weight excluding hydrogens is 757 g/mol. The number of quaternary nitrogens is 2. The van der Waals surface area contributed by atoms with Crippen LogP contribution in [0.2, 0.25) is 0 Å². The molecule has 0 aromatic rings. The number of carboxylic acid groups (broad SMARTS) is 4. The van der Waals surface area contributed by atoms with E-state index in [4.69, 9.17) is 22.4 Å². The standard InChI is InChI=1S/2C12H23N.2C5H6O4S3/c2*1-3-7-11(8-4-1)13-12-9-5-2-6-10-12;2*6-3(7)1-11-5(10)12-2-4(8)9/h2*11-13H,1-10H2;2*1-2H2,(H,6,7)(H,8,9). The second-order valence-electron chi connectivity index (χ2n) is 13.2. The van der Waals surface area contributed by atoms with Crippen molar-refractivity contribution < 1.29 is 50.2 Å². The van der Waals surface area contributed by atoms with Crippen molar-refractivity contribution in [2.45, 2.75) is 153 Å². The van der Waals surface area contributed by atoms with E-state index < -0.39 is 23.9 Å². The highest BCUT2D eigenvalue weighted by Crippen LogP contribution is 2.20. The van der Waals surface area contributed by atoms with E-state index in [9.17, 15) is 29.4 Å². The minimum Gasteiger partial charge on any atom is -0.549 e. The van der Waals surface area contributed by atoms with E-state index >= 15 is 0 Å². The van der Waals surface area contributed by atoms with E-state index in [1.807, 2.05) is 0 Å². The van der Waals surface area contributed by atoms with Crippen molar-refractivity contribution in [3.8, 4) is 0 Å². The van der Waals surface area contributed by atoms with E-state index in [2.05, 4.69) is 22.9 Å². The fourth-order valence-corrected chi connectivity index (χ4v) is 9.67. The maximum atomic E-state index is 10.0. The Morgan fingerprint density at radius 2 is 0.680 bits per heavy atom. The Kier molecular flexibility index (Phi) is 29.2. The van der Waals surface area contributed by atoms with Gasteiger partial charge in [0.05, 0.1) is 47.6 Å². The average Bonchev–Trinajstić information content (AvgIpc) is 3.10. The van der Waals surface area contributed by atoms with Gasteiger partial charge in [-0.15, -0.1) is 23.5 Å². The predicted molar refractivity (Wildman–Crippen MR) is 212 cm³/mol. The maximum Gasteiger partial charge on any atom is 0.313 e. The molecule has 50 heavy (non-hydrogen) atoms. The first-order valence-corrected chi connectivity index (χ1v) is 22.8. The molecule has 0 radical (unpaired) electrons. The highest BCUT2D eigenvalue weighted by atomic mass is 32.2. The van der Waals surface area contributed by atoms with Crippen LogP contribution in [0.5, 0.6) is 0 Å². The molecule has 0 atom stereocenters. The van der Waals surface area contributed by atoms with Crippen LogP contribution in [0.4, 0.5) is 0 Å². The Hall–Kier alpha value is -0.620. The van der Waals surface area contributed by atoms with Gasteiger partial charge in [-0.05, 0) is 103 Å². The molecule has 4 aliphatic rings. The topological polar surface area (TPSA) is 188 Å². The molecule has 10 nitrogen and oxygen atoms in total. The van der Waals surface area contributed by atoms with Crippen LogP contribution in [-0.4, -0.2) is 88.3 Å². The second kappa shape index (κ2) is 30.8. The number of carbonyl (C=O) groups is 4. The molecule has 0 bridgehead atoms. The van der Waals surface area contributed by atoms with E-state index in [0.717, 1.165) is 71.2 Å². The largest absolute Gasteiger partial charge is 0.549 e. The Balaban J connectivity index is 0.000000334. The van der Waals surface area contributed by atoms with Crippen molar-refractivity contribution in [3.05, 3.63) is 0 Å². The van der Waals surface area contributed by atoms with Crippen LogP contribution in [0.1, 0.15) is 128 Å². The zero-order valence-corrected chi connectivity index (χ0v) is 34.1. The SMILES string of the molecule is C1CCC([NH2+]C2CCCCC2)CC1.C1CCC([NH2+]C2CCCCC2)CC1.O=C(O)CSC(=S)SCC(=O)O.O=C([O-])CSC(=S)SCC(=O)[O-]. The summed E-state index contributed by atoms with van der Waals surface area (Å²) in [5, 5.41) is 41.7. The first-order valence-electron chi connectivity index (χ1n) is 18.1. The lowest BCUT2D eigenvalue weighted by molar-refractivity contribution is -0.726. The van der Waals surface area contributed by atoms with Crippen LogP contribution in [0.3, 0.4) is 0 Å². The molecule has 4 aliphatic carbocycles. The first-order chi connectivity index (χ1) is 23.9. The fourth-order valence-electron chi connectivity index (χ4n) is 6.64. The van der Waals surface area contributed by atoms with Crippen LogP contribution >= 0.6 is 71.5 Å². The third-order valence-electron chi connectivity index (χ3n) is 8.93. The Bertz CT molecular complexity index is 850. The zero-order chi connectivity index (χ0) is 37.0. The van der Waals surface area contributed by atoms with Crippen LogP contribution in [-0.2, 0) is 19.2 Å². The summed E-state index contributed by atoms with van der Waals surface area (Å²) in [6, 6.07) is 3.99. The number of nitrogens with two attached hydrogens (primary N) is 2. The summed E-state index contributed by atoms with van der Waals surface area (Å²) in [7, 11) is 0. The summed E-state index contributed by atoms with van der Waals surface area (Å²) in [6.07, 6.45) is 29.9. The predicted octanol–water partition coefficient (Wildman–Crippen LogP) is 3.57. The Morgan fingerprint density at radius 1 is 0.460 bits per heavy atom. The monoisotopic (exact) mass is 814 g/mol. The molecular formula is C34H58N2O8S6. The average molecular weight is 815 g/mol. The molecule has 4 fully saturated rings. The molecule has 0 saturated heterocycles. The molecule has 0 spiro atoms. The number of rotatable bonds is 12. The van der Waals surface area contributed by atoms with Crippen LogP contribution in [0.25, 0.3) is 0 Å². The van der Waals surface area contributed by atoms with E-state index in [-0.39, 0.29) is 26.5 Å². The third-order valence-corrected chi connectivity index (χ3v) is 14.2.